The first-order chi connectivity index (χ1) is 9.29. The molecule has 7 heteroatoms. The van der Waals surface area contributed by atoms with E-state index in [9.17, 15) is 0 Å². The zero-order chi connectivity index (χ0) is 13.5. The third-order valence-corrected chi connectivity index (χ3v) is 4.33. The van der Waals surface area contributed by atoms with Crippen LogP contribution < -0.4 is 11.1 Å². The highest BCUT2D eigenvalue weighted by Gasteiger charge is 2.14. The molecule has 1 aromatic heterocycles. The van der Waals surface area contributed by atoms with Gasteiger partial charge in [-0.15, -0.1) is 35.3 Å². The Morgan fingerprint density at radius 2 is 2.25 bits per heavy atom. The zero-order valence-electron chi connectivity index (χ0n) is 11.9. The van der Waals surface area contributed by atoms with Crippen molar-refractivity contribution in [2.24, 2.45) is 10.7 Å². The Labute approximate surface area is 141 Å². The van der Waals surface area contributed by atoms with Gasteiger partial charge in [0.25, 0.3) is 0 Å². The van der Waals surface area contributed by atoms with Gasteiger partial charge in [0.2, 0.25) is 0 Å². The van der Waals surface area contributed by atoms with E-state index < -0.39 is 0 Å². The lowest BCUT2D eigenvalue weighted by Crippen LogP contribution is -2.33. The molecule has 20 heavy (non-hydrogen) atoms. The lowest BCUT2D eigenvalue weighted by atomic mass is 10.0. The van der Waals surface area contributed by atoms with Gasteiger partial charge in [0.1, 0.15) is 0 Å². The maximum atomic E-state index is 5.74. The van der Waals surface area contributed by atoms with Crippen LogP contribution in [0.1, 0.15) is 28.4 Å². The van der Waals surface area contributed by atoms with E-state index in [1.165, 1.54) is 34.8 Å². The highest BCUT2D eigenvalue weighted by atomic mass is 127. The Bertz CT molecular complexity index is 413. The first-order valence-corrected chi connectivity index (χ1v) is 7.61. The number of thiazole rings is 1. The van der Waals surface area contributed by atoms with Crippen LogP contribution in [0.4, 0.5) is 0 Å². The molecule has 1 aromatic rings. The number of fused-ring (bicyclic) bond motifs is 1. The third kappa shape index (κ3) is 5.53. The highest BCUT2D eigenvalue weighted by molar-refractivity contribution is 14.0. The first-order valence-electron chi connectivity index (χ1n) is 6.80. The summed E-state index contributed by atoms with van der Waals surface area (Å²) in [5, 5.41) is 4.32. The van der Waals surface area contributed by atoms with Crippen LogP contribution in [0.2, 0.25) is 0 Å². The van der Waals surface area contributed by atoms with Gasteiger partial charge in [-0.25, -0.2) is 4.98 Å². The lowest BCUT2D eigenvalue weighted by molar-refractivity contribution is 0.208. The van der Waals surface area contributed by atoms with Crippen molar-refractivity contribution in [1.82, 2.24) is 10.3 Å². The summed E-state index contributed by atoms with van der Waals surface area (Å²) in [7, 11) is 1.66. The molecule has 1 aliphatic carbocycles. The predicted molar refractivity (Wildman–Crippen MR) is 94.2 cm³/mol. The van der Waals surface area contributed by atoms with E-state index in [0.29, 0.717) is 19.1 Å². The average molecular weight is 410 g/mol. The van der Waals surface area contributed by atoms with Gasteiger partial charge >= 0.3 is 0 Å². The summed E-state index contributed by atoms with van der Waals surface area (Å²) in [5.41, 5.74) is 7.07. The third-order valence-electron chi connectivity index (χ3n) is 3.11. The minimum Gasteiger partial charge on any atom is -0.383 e. The predicted octanol–water partition coefficient (Wildman–Crippen LogP) is 1.73. The van der Waals surface area contributed by atoms with Gasteiger partial charge in [-0.1, -0.05) is 0 Å². The molecule has 0 atom stereocenters. The number of guanidine groups is 1. The van der Waals surface area contributed by atoms with E-state index in [2.05, 4.69) is 10.3 Å². The summed E-state index contributed by atoms with van der Waals surface area (Å²) >= 11 is 1.86. The number of methoxy groups -OCH3 is 1. The normalized spacial score (nSPS) is 14.6. The Kier molecular flexibility index (Phi) is 8.39. The average Bonchev–Trinajstić information content (AvgIpc) is 2.81. The van der Waals surface area contributed by atoms with Crippen LogP contribution in [-0.4, -0.2) is 37.7 Å². The number of nitrogens with zero attached hydrogens (tertiary/aromatic N) is 2. The van der Waals surface area contributed by atoms with Crippen LogP contribution in [0.3, 0.4) is 0 Å². The second-order valence-electron chi connectivity index (χ2n) is 4.62. The van der Waals surface area contributed by atoms with Gasteiger partial charge in [-0.05, 0) is 25.7 Å². The van der Waals surface area contributed by atoms with Crippen LogP contribution in [0, 0.1) is 0 Å². The quantitative estimate of drug-likeness (QED) is 0.324. The second-order valence-corrected chi connectivity index (χ2v) is 5.79. The molecule has 0 aliphatic heterocycles. The molecule has 0 spiro atoms. The number of nitrogens with one attached hydrogen (secondary N) is 1. The highest BCUT2D eigenvalue weighted by Crippen LogP contribution is 2.26. The maximum Gasteiger partial charge on any atom is 0.188 e. The summed E-state index contributed by atoms with van der Waals surface area (Å²) in [5.74, 6) is 0.485. The van der Waals surface area contributed by atoms with Crippen molar-refractivity contribution in [3.05, 3.63) is 15.6 Å². The SMILES string of the molecule is COCCN=C(N)NCCc1nc2c(s1)CCCC2.I. The monoisotopic (exact) mass is 410 g/mol. The summed E-state index contributed by atoms with van der Waals surface area (Å²) in [6.07, 6.45) is 5.87. The molecule has 0 radical (unpaired) electrons. The largest absolute Gasteiger partial charge is 0.383 e. The molecule has 0 aromatic carbocycles. The number of ether oxygens (including phenoxy) is 1. The van der Waals surface area contributed by atoms with E-state index in [-0.39, 0.29) is 24.0 Å². The van der Waals surface area contributed by atoms with Crippen LogP contribution in [-0.2, 0) is 24.0 Å². The molecular weight excluding hydrogens is 387 g/mol. The number of aliphatic imine (C=N–C) groups is 1. The number of aryl methyl sites for hydroxylation is 2. The van der Waals surface area contributed by atoms with Crippen molar-refractivity contribution in [1.29, 1.82) is 0 Å². The van der Waals surface area contributed by atoms with Crippen molar-refractivity contribution < 1.29 is 4.74 Å². The minimum absolute atomic E-state index is 0. The van der Waals surface area contributed by atoms with Crippen LogP contribution in [0.25, 0.3) is 0 Å². The van der Waals surface area contributed by atoms with Gasteiger partial charge in [0, 0.05) is 25.0 Å². The number of hydrogen-bond donors (Lipinski definition) is 2. The first kappa shape index (κ1) is 17.6. The molecule has 2 rings (SSSR count). The number of nitrogens with two attached hydrogens (primary N) is 1. The number of rotatable bonds is 6. The molecule has 0 amide bonds. The van der Waals surface area contributed by atoms with E-state index >= 15 is 0 Å². The molecular formula is C13H23IN4OS. The minimum atomic E-state index is 0. The summed E-state index contributed by atoms with van der Waals surface area (Å²) in [6, 6.07) is 0. The Morgan fingerprint density at radius 1 is 1.45 bits per heavy atom. The maximum absolute atomic E-state index is 5.74. The fraction of sp³-hybridized carbons (Fsp3) is 0.692. The summed E-state index contributed by atoms with van der Waals surface area (Å²) in [4.78, 5) is 10.3. The van der Waals surface area contributed by atoms with Crippen LogP contribution in [0.5, 0.6) is 0 Å². The number of halogens is 1. The molecule has 1 heterocycles. The Hall–Kier alpha value is -0.410. The van der Waals surface area contributed by atoms with Gasteiger partial charge in [-0.3, -0.25) is 4.99 Å². The summed E-state index contributed by atoms with van der Waals surface area (Å²) < 4.78 is 4.91. The number of hydrogen-bond acceptors (Lipinski definition) is 4. The van der Waals surface area contributed by atoms with Crippen LogP contribution >= 0.6 is 35.3 Å². The molecule has 114 valence electrons. The van der Waals surface area contributed by atoms with Gasteiger partial charge in [0.15, 0.2) is 5.96 Å². The van der Waals surface area contributed by atoms with E-state index in [4.69, 9.17) is 15.5 Å². The second kappa shape index (κ2) is 9.51. The van der Waals surface area contributed by atoms with Gasteiger partial charge in [0.05, 0.1) is 23.9 Å². The van der Waals surface area contributed by atoms with E-state index in [1.54, 1.807) is 7.11 Å². The van der Waals surface area contributed by atoms with Crippen molar-refractivity contribution in [3.63, 3.8) is 0 Å². The van der Waals surface area contributed by atoms with Crippen molar-refractivity contribution in [2.75, 3.05) is 26.8 Å². The molecule has 0 fully saturated rings. The lowest BCUT2D eigenvalue weighted by Gasteiger charge is -2.06. The zero-order valence-corrected chi connectivity index (χ0v) is 15.0. The van der Waals surface area contributed by atoms with Gasteiger partial charge in [-0.2, -0.15) is 0 Å². The van der Waals surface area contributed by atoms with E-state index in [0.717, 1.165) is 19.4 Å². The Balaban J connectivity index is 0.00000200. The van der Waals surface area contributed by atoms with Crippen molar-refractivity contribution in [2.45, 2.75) is 32.1 Å². The fourth-order valence-electron chi connectivity index (χ4n) is 2.12. The van der Waals surface area contributed by atoms with Crippen LogP contribution in [0.15, 0.2) is 4.99 Å². The molecule has 0 unspecified atom stereocenters. The molecule has 3 N–H and O–H groups in total. The molecule has 0 bridgehead atoms. The summed E-state index contributed by atoms with van der Waals surface area (Å²) in [6.45, 7) is 1.98. The van der Waals surface area contributed by atoms with Crippen molar-refractivity contribution >= 4 is 41.3 Å². The fourth-order valence-corrected chi connectivity index (χ4v) is 3.28. The van der Waals surface area contributed by atoms with E-state index in [1.807, 2.05) is 11.3 Å². The van der Waals surface area contributed by atoms with Gasteiger partial charge < -0.3 is 15.8 Å². The molecule has 1 aliphatic rings. The topological polar surface area (TPSA) is 72.5 Å². The molecule has 0 saturated carbocycles. The number of aromatic nitrogens is 1. The standard InChI is InChI=1S/C13H22N4OS.HI/c1-18-9-8-16-13(14)15-7-6-12-17-10-4-2-3-5-11(10)19-12;/h2-9H2,1H3,(H3,14,15,16);1H. The molecule has 5 nitrogen and oxygen atoms in total. The Morgan fingerprint density at radius 3 is 3.00 bits per heavy atom. The molecule has 0 saturated heterocycles. The van der Waals surface area contributed by atoms with Crippen molar-refractivity contribution in [3.8, 4) is 0 Å². The smallest absolute Gasteiger partial charge is 0.188 e.